The summed E-state index contributed by atoms with van der Waals surface area (Å²) in [5.41, 5.74) is 0.528. The van der Waals surface area contributed by atoms with E-state index in [0.717, 1.165) is 4.88 Å². The summed E-state index contributed by atoms with van der Waals surface area (Å²) >= 11 is 1.17. The number of hydrogen-bond acceptors (Lipinski definition) is 5. The molecule has 0 saturated carbocycles. The zero-order chi connectivity index (χ0) is 21.4. The summed E-state index contributed by atoms with van der Waals surface area (Å²) < 4.78 is 55.4. The Bertz CT molecular complexity index is 937. The van der Waals surface area contributed by atoms with Gasteiger partial charge in [-0.15, -0.1) is 35.3 Å². The lowest BCUT2D eigenvalue weighted by atomic mass is 10.2. The number of para-hydroxylation sites is 1. The molecule has 0 unspecified atom stereocenters. The van der Waals surface area contributed by atoms with E-state index in [1.807, 2.05) is 6.92 Å². The van der Waals surface area contributed by atoms with Crippen LogP contribution in [0, 0.1) is 0 Å². The van der Waals surface area contributed by atoms with Gasteiger partial charge in [0.1, 0.15) is 9.96 Å². The molecule has 0 radical (unpaired) electrons. The van der Waals surface area contributed by atoms with Crippen molar-refractivity contribution in [1.82, 2.24) is 14.9 Å². The topological polar surface area (TPSA) is 83.0 Å². The summed E-state index contributed by atoms with van der Waals surface area (Å²) in [6.07, 6.45) is 0. The molecule has 0 saturated heterocycles. The molecule has 168 valence electrons. The predicted molar refractivity (Wildman–Crippen MR) is 125 cm³/mol. The molecule has 0 atom stereocenters. The van der Waals surface area contributed by atoms with E-state index in [1.54, 1.807) is 30.3 Å². The first kappa shape index (κ1) is 26.5. The van der Waals surface area contributed by atoms with Crippen molar-refractivity contribution in [3.8, 4) is 5.75 Å². The van der Waals surface area contributed by atoms with Crippen LogP contribution in [0.4, 0.5) is 8.78 Å². The van der Waals surface area contributed by atoms with Crippen LogP contribution in [-0.4, -0.2) is 45.9 Å². The SMILES string of the molecule is CCNC(=NCc1ccccc1OC(F)F)NCc1ccc(S(=O)(=O)N(C)C)s1.I. The van der Waals surface area contributed by atoms with Gasteiger partial charge in [-0.3, -0.25) is 0 Å². The summed E-state index contributed by atoms with van der Waals surface area (Å²) in [5.74, 6) is 0.559. The van der Waals surface area contributed by atoms with Crippen molar-refractivity contribution in [2.75, 3.05) is 20.6 Å². The van der Waals surface area contributed by atoms with Crippen LogP contribution in [-0.2, 0) is 23.1 Å². The number of sulfonamides is 1. The fraction of sp³-hybridized carbons (Fsp3) is 0.389. The van der Waals surface area contributed by atoms with Crippen molar-refractivity contribution >= 4 is 51.3 Å². The highest BCUT2D eigenvalue weighted by Gasteiger charge is 2.19. The number of ether oxygens (including phenoxy) is 1. The number of nitrogens with zero attached hydrogens (tertiary/aromatic N) is 2. The molecule has 0 aliphatic heterocycles. The standard InChI is InChI=1S/C18H24F2N4O3S2.HI/c1-4-21-18(22-11-13-7-5-6-8-15(13)27-17(19)20)23-12-14-9-10-16(28-14)29(25,26)24(2)3;/h5-10,17H,4,11-12H2,1-3H3,(H2,21,22,23);1H. The number of aliphatic imine (C=N–C) groups is 1. The van der Waals surface area contributed by atoms with Crippen LogP contribution < -0.4 is 15.4 Å². The maximum Gasteiger partial charge on any atom is 0.387 e. The third kappa shape index (κ3) is 7.63. The van der Waals surface area contributed by atoms with E-state index in [1.165, 1.54) is 35.8 Å². The average molecular weight is 574 g/mol. The first-order valence-corrected chi connectivity index (χ1v) is 11.1. The normalized spacial score (nSPS) is 12.0. The van der Waals surface area contributed by atoms with Gasteiger partial charge in [-0.2, -0.15) is 8.78 Å². The van der Waals surface area contributed by atoms with Gasteiger partial charge in [0, 0.05) is 31.1 Å². The van der Waals surface area contributed by atoms with Gasteiger partial charge in [-0.25, -0.2) is 17.7 Å². The lowest BCUT2D eigenvalue weighted by Gasteiger charge is -2.12. The van der Waals surface area contributed by atoms with Gasteiger partial charge in [0.05, 0.1) is 13.1 Å². The molecule has 7 nitrogen and oxygen atoms in total. The zero-order valence-corrected chi connectivity index (χ0v) is 20.7. The van der Waals surface area contributed by atoms with Gasteiger partial charge in [-0.1, -0.05) is 18.2 Å². The molecule has 0 fully saturated rings. The molecule has 1 heterocycles. The van der Waals surface area contributed by atoms with Crippen LogP contribution in [0.1, 0.15) is 17.4 Å². The van der Waals surface area contributed by atoms with Gasteiger partial charge < -0.3 is 15.4 Å². The first-order valence-electron chi connectivity index (χ1n) is 8.80. The molecule has 0 amide bonds. The van der Waals surface area contributed by atoms with Gasteiger partial charge in [0.2, 0.25) is 0 Å². The second-order valence-corrected chi connectivity index (χ2v) is 9.59. The van der Waals surface area contributed by atoms with Crippen molar-refractivity contribution in [3.63, 3.8) is 0 Å². The molecule has 0 aliphatic rings. The summed E-state index contributed by atoms with van der Waals surface area (Å²) in [5, 5.41) is 6.18. The number of halogens is 3. The molecule has 2 aromatic rings. The van der Waals surface area contributed by atoms with Crippen LogP contribution in [0.25, 0.3) is 0 Å². The highest BCUT2D eigenvalue weighted by atomic mass is 127. The molecule has 1 aromatic heterocycles. The van der Waals surface area contributed by atoms with Gasteiger partial charge in [0.25, 0.3) is 10.0 Å². The Hall–Kier alpha value is -1.51. The van der Waals surface area contributed by atoms with Crippen molar-refractivity contribution in [2.24, 2.45) is 4.99 Å². The lowest BCUT2D eigenvalue weighted by molar-refractivity contribution is -0.0504. The van der Waals surface area contributed by atoms with Crippen molar-refractivity contribution < 1.29 is 21.9 Å². The second-order valence-electron chi connectivity index (χ2n) is 6.04. The second kappa shape index (κ2) is 12.4. The van der Waals surface area contributed by atoms with Crippen molar-refractivity contribution in [3.05, 3.63) is 46.8 Å². The maximum atomic E-state index is 12.5. The summed E-state index contributed by atoms with van der Waals surface area (Å²) in [7, 11) is -0.494. The molecule has 30 heavy (non-hydrogen) atoms. The van der Waals surface area contributed by atoms with Crippen LogP contribution in [0.3, 0.4) is 0 Å². The van der Waals surface area contributed by atoms with E-state index < -0.39 is 16.6 Å². The molecule has 12 heteroatoms. The van der Waals surface area contributed by atoms with E-state index in [2.05, 4.69) is 20.4 Å². The third-order valence-corrected chi connectivity index (χ3v) is 7.11. The number of benzene rings is 1. The molecular formula is C18H25F2IN4O3S2. The Morgan fingerprint density at radius 2 is 1.90 bits per heavy atom. The number of nitrogens with one attached hydrogen (secondary N) is 2. The average Bonchev–Trinajstić information content (AvgIpc) is 3.14. The smallest absolute Gasteiger partial charge is 0.387 e. The van der Waals surface area contributed by atoms with Crippen LogP contribution >= 0.6 is 35.3 Å². The monoisotopic (exact) mass is 574 g/mol. The molecule has 0 bridgehead atoms. The van der Waals surface area contributed by atoms with E-state index in [9.17, 15) is 17.2 Å². The Morgan fingerprint density at radius 1 is 1.20 bits per heavy atom. The first-order chi connectivity index (χ1) is 13.7. The molecule has 0 spiro atoms. The van der Waals surface area contributed by atoms with E-state index in [4.69, 9.17) is 0 Å². The fourth-order valence-electron chi connectivity index (χ4n) is 2.29. The van der Waals surface area contributed by atoms with Crippen LogP contribution in [0.2, 0.25) is 0 Å². The number of alkyl halides is 2. The number of rotatable bonds is 9. The maximum absolute atomic E-state index is 12.5. The summed E-state index contributed by atoms with van der Waals surface area (Å²) in [6, 6.07) is 9.78. The van der Waals surface area contributed by atoms with E-state index in [-0.39, 0.29) is 40.5 Å². The fourth-order valence-corrected chi connectivity index (χ4v) is 4.76. The number of guanidine groups is 1. The molecule has 0 aliphatic carbocycles. The van der Waals surface area contributed by atoms with E-state index in [0.29, 0.717) is 24.6 Å². The Balaban J connectivity index is 0.00000450. The zero-order valence-electron chi connectivity index (χ0n) is 16.8. The van der Waals surface area contributed by atoms with Gasteiger partial charge >= 0.3 is 6.61 Å². The summed E-state index contributed by atoms with van der Waals surface area (Å²) in [6.45, 7) is 0.110. The third-order valence-electron chi connectivity index (χ3n) is 3.74. The number of thiophene rings is 1. The van der Waals surface area contributed by atoms with Crippen LogP contribution in [0.5, 0.6) is 5.75 Å². The van der Waals surface area contributed by atoms with Gasteiger partial charge in [0.15, 0.2) is 5.96 Å². The quantitative estimate of drug-likeness (QED) is 0.273. The highest BCUT2D eigenvalue weighted by molar-refractivity contribution is 14.0. The predicted octanol–water partition coefficient (Wildman–Crippen LogP) is 3.47. The lowest BCUT2D eigenvalue weighted by Crippen LogP contribution is -2.36. The highest BCUT2D eigenvalue weighted by Crippen LogP contribution is 2.24. The largest absolute Gasteiger partial charge is 0.434 e. The summed E-state index contributed by atoms with van der Waals surface area (Å²) in [4.78, 5) is 5.22. The molecule has 2 rings (SSSR count). The Labute approximate surface area is 196 Å². The minimum Gasteiger partial charge on any atom is -0.434 e. The number of hydrogen-bond donors (Lipinski definition) is 2. The van der Waals surface area contributed by atoms with E-state index >= 15 is 0 Å². The van der Waals surface area contributed by atoms with Gasteiger partial charge in [-0.05, 0) is 25.1 Å². The van der Waals surface area contributed by atoms with Crippen molar-refractivity contribution in [1.29, 1.82) is 0 Å². The Kier molecular flexibility index (Phi) is 10.9. The van der Waals surface area contributed by atoms with Crippen LogP contribution in [0.15, 0.2) is 45.6 Å². The Morgan fingerprint density at radius 3 is 2.53 bits per heavy atom. The minimum absolute atomic E-state index is 0. The molecular weight excluding hydrogens is 549 g/mol. The molecule has 2 N–H and O–H groups in total. The van der Waals surface area contributed by atoms with Crippen molar-refractivity contribution in [2.45, 2.75) is 30.8 Å². The molecule has 1 aromatic carbocycles. The minimum atomic E-state index is -3.46.